The van der Waals surface area contributed by atoms with Gasteiger partial charge < -0.3 is 59.8 Å². The highest BCUT2D eigenvalue weighted by Crippen LogP contribution is 2.42. The van der Waals surface area contributed by atoms with Crippen LogP contribution in [0.25, 0.3) is 0 Å². The minimum absolute atomic E-state index is 0.0201. The molecule has 0 spiro atoms. The maximum atomic E-state index is 13.2. The summed E-state index contributed by atoms with van der Waals surface area (Å²) in [5.41, 5.74) is -0.917. The molecule has 5 rings (SSSR count). The summed E-state index contributed by atoms with van der Waals surface area (Å²) >= 11 is 0. The SMILES string of the molecule is Cc1c(OC2OC(COC3OC(C)C(O)C(O)C3O)C(O)C(O)C2O)cc2c(c1O)C(=O)c1c(O)cccc1C2=O. The second-order valence-corrected chi connectivity index (χ2v) is 10.3. The average molecular weight is 579 g/mol. The van der Waals surface area contributed by atoms with E-state index in [1.54, 1.807) is 0 Å². The smallest absolute Gasteiger partial charge is 0.229 e. The van der Waals surface area contributed by atoms with Crippen LogP contribution in [-0.4, -0.2) is 120 Å². The van der Waals surface area contributed by atoms with E-state index in [1.165, 1.54) is 32.0 Å². The predicted molar refractivity (Wildman–Crippen MR) is 133 cm³/mol. The first-order valence-electron chi connectivity index (χ1n) is 12.8. The zero-order valence-electron chi connectivity index (χ0n) is 21.8. The molecule has 1 aliphatic carbocycles. The first-order chi connectivity index (χ1) is 19.3. The van der Waals surface area contributed by atoms with Crippen LogP contribution in [0, 0.1) is 6.92 Å². The van der Waals surface area contributed by atoms with E-state index in [-0.39, 0.29) is 33.6 Å². The number of aliphatic hydroxyl groups excluding tert-OH is 6. The second-order valence-electron chi connectivity index (χ2n) is 10.3. The van der Waals surface area contributed by atoms with Gasteiger partial charge in [0, 0.05) is 16.7 Å². The number of hydrogen-bond donors (Lipinski definition) is 8. The topological polar surface area (TPSA) is 233 Å². The lowest BCUT2D eigenvalue weighted by molar-refractivity contribution is -0.318. The lowest BCUT2D eigenvalue weighted by atomic mass is 9.82. The largest absolute Gasteiger partial charge is 0.507 e. The third kappa shape index (κ3) is 4.86. The van der Waals surface area contributed by atoms with Gasteiger partial charge in [-0.25, -0.2) is 0 Å². The second kappa shape index (κ2) is 10.9. The van der Waals surface area contributed by atoms with E-state index in [9.17, 15) is 50.4 Å². The number of benzene rings is 2. The maximum absolute atomic E-state index is 13.2. The molecule has 2 heterocycles. The third-order valence-corrected chi connectivity index (χ3v) is 7.64. The van der Waals surface area contributed by atoms with Gasteiger partial charge in [0.15, 0.2) is 12.1 Å². The first-order valence-corrected chi connectivity index (χ1v) is 12.8. The maximum Gasteiger partial charge on any atom is 0.229 e. The molecule has 8 N–H and O–H groups in total. The molecule has 0 bridgehead atoms. The Hall–Kier alpha value is -3.18. The van der Waals surface area contributed by atoms with Gasteiger partial charge in [-0.2, -0.15) is 0 Å². The Morgan fingerprint density at radius 2 is 1.44 bits per heavy atom. The molecule has 14 nitrogen and oxygen atoms in total. The van der Waals surface area contributed by atoms with Gasteiger partial charge in [0.25, 0.3) is 0 Å². The molecular formula is C27H30O14. The first kappa shape index (κ1) is 29.3. The quantitative estimate of drug-likeness (QED) is 0.167. The molecule has 2 aromatic rings. The van der Waals surface area contributed by atoms with Crippen LogP contribution in [0.4, 0.5) is 0 Å². The number of aromatic hydroxyl groups is 2. The molecule has 0 saturated carbocycles. The van der Waals surface area contributed by atoms with Crippen LogP contribution in [0.15, 0.2) is 24.3 Å². The van der Waals surface area contributed by atoms with Gasteiger partial charge in [-0.3, -0.25) is 9.59 Å². The van der Waals surface area contributed by atoms with Crippen LogP contribution in [0.2, 0.25) is 0 Å². The summed E-state index contributed by atoms with van der Waals surface area (Å²) < 4.78 is 22.1. The van der Waals surface area contributed by atoms with Crippen molar-refractivity contribution < 1.29 is 69.4 Å². The molecule has 3 aliphatic rings. The van der Waals surface area contributed by atoms with Gasteiger partial charge in [0.1, 0.15) is 60.0 Å². The standard InChI is InChI=1S/C27H30O14/c1-8-13(6-11-16(17(8)29)21(33)15-10(19(11)31)4-3-5-12(15)28)40-27-25(37)23(35)20(32)14(41-27)7-38-26-24(36)22(34)18(30)9(2)39-26/h3-6,9,14,18,20,22-30,32,34-37H,7H2,1-2H3. The van der Waals surface area contributed by atoms with Gasteiger partial charge in [-0.05, 0) is 26.0 Å². The van der Waals surface area contributed by atoms with Gasteiger partial charge in [0.05, 0.1) is 23.8 Å². The van der Waals surface area contributed by atoms with Crippen LogP contribution in [0.1, 0.15) is 44.3 Å². The van der Waals surface area contributed by atoms with Gasteiger partial charge >= 0.3 is 0 Å². The number of ether oxygens (including phenoxy) is 4. The summed E-state index contributed by atoms with van der Waals surface area (Å²) in [4.78, 5) is 26.3. The fraction of sp³-hybridized carbons (Fsp3) is 0.481. The summed E-state index contributed by atoms with van der Waals surface area (Å²) in [6, 6.07) is 5.14. The Morgan fingerprint density at radius 3 is 2.15 bits per heavy atom. The van der Waals surface area contributed by atoms with E-state index in [0.29, 0.717) is 0 Å². The summed E-state index contributed by atoms with van der Waals surface area (Å²) in [7, 11) is 0. The van der Waals surface area contributed by atoms with Crippen molar-refractivity contribution in [1.29, 1.82) is 0 Å². The van der Waals surface area contributed by atoms with Crippen LogP contribution < -0.4 is 4.74 Å². The minimum Gasteiger partial charge on any atom is -0.507 e. The molecule has 10 atom stereocenters. The molecule has 0 aromatic heterocycles. The zero-order valence-corrected chi connectivity index (χ0v) is 21.8. The Morgan fingerprint density at radius 1 is 0.780 bits per heavy atom. The number of phenolic OH excluding ortho intramolecular Hbond substituents is 2. The molecule has 10 unspecified atom stereocenters. The lowest BCUT2D eigenvalue weighted by Gasteiger charge is -2.42. The van der Waals surface area contributed by atoms with Crippen molar-refractivity contribution in [2.24, 2.45) is 0 Å². The number of carbonyl (C=O) groups is 2. The van der Waals surface area contributed by atoms with E-state index >= 15 is 0 Å². The molecule has 2 fully saturated rings. The van der Waals surface area contributed by atoms with Crippen molar-refractivity contribution in [3.63, 3.8) is 0 Å². The Balaban J connectivity index is 1.38. The van der Waals surface area contributed by atoms with Gasteiger partial charge in [-0.15, -0.1) is 0 Å². The van der Waals surface area contributed by atoms with Crippen LogP contribution in [-0.2, 0) is 14.2 Å². The average Bonchev–Trinajstić information content (AvgIpc) is 2.94. The van der Waals surface area contributed by atoms with Crippen molar-refractivity contribution >= 4 is 11.6 Å². The van der Waals surface area contributed by atoms with Crippen LogP contribution >= 0.6 is 0 Å². The molecule has 2 aromatic carbocycles. The van der Waals surface area contributed by atoms with Crippen LogP contribution in [0.5, 0.6) is 17.2 Å². The minimum atomic E-state index is -1.82. The number of fused-ring (bicyclic) bond motifs is 2. The normalized spacial score (nSPS) is 35.1. The zero-order chi connectivity index (χ0) is 29.9. The highest BCUT2D eigenvalue weighted by atomic mass is 16.7. The lowest BCUT2D eigenvalue weighted by Crippen LogP contribution is -2.61. The van der Waals surface area contributed by atoms with Crippen molar-refractivity contribution in [1.82, 2.24) is 0 Å². The molecule has 0 amide bonds. The Kier molecular flexibility index (Phi) is 7.80. The summed E-state index contributed by atoms with van der Waals surface area (Å²) in [5, 5.41) is 82.5. The van der Waals surface area contributed by atoms with E-state index in [4.69, 9.17) is 18.9 Å². The molecule has 2 saturated heterocycles. The van der Waals surface area contributed by atoms with E-state index in [0.717, 1.165) is 6.07 Å². The van der Waals surface area contributed by atoms with Gasteiger partial charge in [-0.1, -0.05) is 12.1 Å². The summed E-state index contributed by atoms with van der Waals surface area (Å²) in [5.74, 6) is -2.66. The van der Waals surface area contributed by atoms with E-state index in [1.807, 2.05) is 0 Å². The monoisotopic (exact) mass is 578 g/mol. The van der Waals surface area contributed by atoms with E-state index in [2.05, 4.69) is 0 Å². The molecule has 2 aliphatic heterocycles. The molecule has 41 heavy (non-hydrogen) atoms. The van der Waals surface area contributed by atoms with Gasteiger partial charge in [0.2, 0.25) is 12.1 Å². The molecule has 0 radical (unpaired) electrons. The number of hydrogen-bond acceptors (Lipinski definition) is 14. The predicted octanol–water partition coefficient (Wildman–Crippen LogP) is -1.79. The van der Waals surface area contributed by atoms with Crippen molar-refractivity contribution in [2.45, 2.75) is 75.3 Å². The number of aliphatic hydroxyl groups is 6. The number of phenols is 2. The molecule has 14 heteroatoms. The molecule has 222 valence electrons. The fourth-order valence-corrected chi connectivity index (χ4v) is 5.13. The van der Waals surface area contributed by atoms with Crippen LogP contribution in [0.3, 0.4) is 0 Å². The molecular weight excluding hydrogens is 548 g/mol. The fourth-order valence-electron chi connectivity index (χ4n) is 5.13. The number of ketones is 2. The highest BCUT2D eigenvalue weighted by molar-refractivity contribution is 6.30. The summed E-state index contributed by atoms with van der Waals surface area (Å²) in [6.07, 6.45) is -15.3. The van der Waals surface area contributed by atoms with Crippen molar-refractivity contribution in [3.8, 4) is 17.2 Å². The highest BCUT2D eigenvalue weighted by Gasteiger charge is 2.48. The Labute approximate surface area is 232 Å². The van der Waals surface area contributed by atoms with Crippen molar-refractivity contribution in [2.75, 3.05) is 6.61 Å². The summed E-state index contributed by atoms with van der Waals surface area (Å²) in [6.45, 7) is 2.29. The Bertz CT molecular complexity index is 1360. The number of rotatable bonds is 5. The number of carbonyl (C=O) groups excluding carboxylic acids is 2. The van der Waals surface area contributed by atoms with E-state index < -0.39 is 91.1 Å². The van der Waals surface area contributed by atoms with Crippen molar-refractivity contribution in [3.05, 3.63) is 52.1 Å². The third-order valence-electron chi connectivity index (χ3n) is 7.64.